The number of amides is 1. The van der Waals surface area contributed by atoms with E-state index in [2.05, 4.69) is 15.5 Å². The molecule has 0 aliphatic heterocycles. The van der Waals surface area contributed by atoms with E-state index in [1.807, 2.05) is 31.4 Å². The Morgan fingerprint density at radius 1 is 1.48 bits per heavy atom. The quantitative estimate of drug-likeness (QED) is 0.854. The maximum atomic E-state index is 12.0. The number of benzene rings is 1. The second-order valence-electron chi connectivity index (χ2n) is 4.91. The first kappa shape index (κ1) is 15.9. The van der Waals surface area contributed by atoms with Gasteiger partial charge in [-0.05, 0) is 38.5 Å². The number of aromatic nitrogens is 3. The molecule has 0 saturated heterocycles. The lowest BCUT2D eigenvalue weighted by Crippen LogP contribution is -2.15. The molecule has 2 aromatic rings. The zero-order valence-electron chi connectivity index (χ0n) is 12.1. The summed E-state index contributed by atoms with van der Waals surface area (Å²) in [6.45, 7) is 6.01. The van der Waals surface area contributed by atoms with E-state index in [1.165, 1.54) is 11.8 Å². The molecular formula is C14H17ClN4OS. The van der Waals surface area contributed by atoms with E-state index >= 15 is 0 Å². The van der Waals surface area contributed by atoms with Crippen LogP contribution in [0.1, 0.15) is 25.5 Å². The summed E-state index contributed by atoms with van der Waals surface area (Å²) in [5.41, 5.74) is 1.71. The zero-order valence-corrected chi connectivity index (χ0v) is 13.7. The maximum Gasteiger partial charge on any atom is 0.234 e. The number of carbonyl (C=O) groups is 1. The molecule has 21 heavy (non-hydrogen) atoms. The lowest BCUT2D eigenvalue weighted by atomic mass is 10.2. The van der Waals surface area contributed by atoms with Gasteiger partial charge in [0.1, 0.15) is 6.33 Å². The Bertz CT molecular complexity index is 642. The van der Waals surface area contributed by atoms with Gasteiger partial charge in [-0.1, -0.05) is 29.4 Å². The van der Waals surface area contributed by atoms with Crippen molar-refractivity contribution in [2.24, 2.45) is 0 Å². The molecule has 0 spiro atoms. The fraction of sp³-hybridized carbons (Fsp3) is 0.357. The second kappa shape index (κ2) is 6.95. The molecule has 0 unspecified atom stereocenters. The van der Waals surface area contributed by atoms with Crippen LogP contribution >= 0.6 is 23.4 Å². The highest BCUT2D eigenvalue weighted by atomic mass is 35.5. The van der Waals surface area contributed by atoms with Crippen molar-refractivity contribution in [1.29, 1.82) is 0 Å². The van der Waals surface area contributed by atoms with Gasteiger partial charge in [0, 0.05) is 16.8 Å². The van der Waals surface area contributed by atoms with Gasteiger partial charge in [0.15, 0.2) is 5.16 Å². The fourth-order valence-electron chi connectivity index (χ4n) is 1.73. The Balaban J connectivity index is 1.96. The fourth-order valence-corrected chi connectivity index (χ4v) is 2.75. The van der Waals surface area contributed by atoms with Crippen molar-refractivity contribution in [3.63, 3.8) is 0 Å². The van der Waals surface area contributed by atoms with Crippen molar-refractivity contribution >= 4 is 35.0 Å². The molecular weight excluding hydrogens is 308 g/mol. The van der Waals surface area contributed by atoms with Gasteiger partial charge >= 0.3 is 0 Å². The lowest BCUT2D eigenvalue weighted by molar-refractivity contribution is -0.113. The zero-order chi connectivity index (χ0) is 15.4. The second-order valence-corrected chi connectivity index (χ2v) is 6.29. The Hall–Kier alpha value is -1.53. The third-order valence-electron chi connectivity index (χ3n) is 2.90. The number of halogens is 1. The normalized spacial score (nSPS) is 10.9. The van der Waals surface area contributed by atoms with E-state index < -0.39 is 0 Å². The van der Waals surface area contributed by atoms with Crippen LogP contribution < -0.4 is 5.32 Å². The summed E-state index contributed by atoms with van der Waals surface area (Å²) in [7, 11) is 0. The molecule has 0 bridgehead atoms. The van der Waals surface area contributed by atoms with Gasteiger partial charge < -0.3 is 9.88 Å². The minimum atomic E-state index is -0.0938. The summed E-state index contributed by atoms with van der Waals surface area (Å²) in [6, 6.07) is 5.68. The summed E-state index contributed by atoms with van der Waals surface area (Å²) in [4.78, 5) is 12.0. The smallest absolute Gasteiger partial charge is 0.234 e. The van der Waals surface area contributed by atoms with E-state index in [-0.39, 0.29) is 17.7 Å². The predicted molar refractivity (Wildman–Crippen MR) is 85.9 cm³/mol. The standard InChI is InChI=1S/C14H17ClN4OS/c1-9(2)19-8-16-18-14(19)21-7-13(20)17-12-6-11(15)5-4-10(12)3/h4-6,8-9H,7H2,1-3H3,(H,17,20). The van der Waals surface area contributed by atoms with Crippen molar-refractivity contribution in [3.8, 4) is 0 Å². The van der Waals surface area contributed by atoms with E-state index in [0.717, 1.165) is 16.4 Å². The molecule has 2 rings (SSSR count). The summed E-state index contributed by atoms with van der Waals surface area (Å²) in [6.07, 6.45) is 1.67. The van der Waals surface area contributed by atoms with Crippen molar-refractivity contribution in [2.45, 2.75) is 32.0 Å². The monoisotopic (exact) mass is 324 g/mol. The van der Waals surface area contributed by atoms with Crippen LogP contribution in [0.15, 0.2) is 29.7 Å². The number of thioether (sulfide) groups is 1. The number of nitrogens with one attached hydrogen (secondary N) is 1. The molecule has 5 nitrogen and oxygen atoms in total. The molecule has 0 radical (unpaired) electrons. The van der Waals surface area contributed by atoms with Gasteiger partial charge in [-0.15, -0.1) is 10.2 Å². The third kappa shape index (κ3) is 4.22. The number of aryl methyl sites for hydroxylation is 1. The summed E-state index contributed by atoms with van der Waals surface area (Å²) < 4.78 is 1.93. The first-order valence-electron chi connectivity index (χ1n) is 6.55. The van der Waals surface area contributed by atoms with E-state index in [4.69, 9.17) is 11.6 Å². The Kier molecular flexibility index (Phi) is 5.25. The maximum absolute atomic E-state index is 12.0. The number of rotatable bonds is 5. The molecule has 1 heterocycles. The van der Waals surface area contributed by atoms with Crippen molar-refractivity contribution < 1.29 is 4.79 Å². The molecule has 0 fully saturated rings. The molecule has 7 heteroatoms. The molecule has 1 amide bonds. The van der Waals surface area contributed by atoms with Crippen LogP contribution in [0, 0.1) is 6.92 Å². The van der Waals surface area contributed by atoms with Crippen LogP contribution in [0.4, 0.5) is 5.69 Å². The average Bonchev–Trinajstić information content (AvgIpc) is 2.89. The minimum Gasteiger partial charge on any atom is -0.325 e. The molecule has 0 atom stereocenters. The summed E-state index contributed by atoms with van der Waals surface area (Å²) in [5, 5.41) is 12.1. The van der Waals surface area contributed by atoms with Crippen LogP contribution in [-0.2, 0) is 4.79 Å². The molecule has 1 aromatic carbocycles. The van der Waals surface area contributed by atoms with Gasteiger partial charge in [0.05, 0.1) is 5.75 Å². The Morgan fingerprint density at radius 3 is 2.95 bits per heavy atom. The topological polar surface area (TPSA) is 59.8 Å². The number of hydrogen-bond donors (Lipinski definition) is 1. The number of nitrogens with zero attached hydrogens (tertiary/aromatic N) is 3. The molecule has 112 valence electrons. The van der Waals surface area contributed by atoms with Crippen molar-refractivity contribution in [3.05, 3.63) is 35.1 Å². The predicted octanol–water partition coefficient (Wildman–Crippen LogP) is 3.55. The van der Waals surface area contributed by atoms with Gasteiger partial charge in [-0.25, -0.2) is 0 Å². The highest BCUT2D eigenvalue weighted by molar-refractivity contribution is 7.99. The first-order chi connectivity index (χ1) is 9.97. The van der Waals surface area contributed by atoms with Crippen LogP contribution in [-0.4, -0.2) is 26.4 Å². The molecule has 0 aliphatic rings. The first-order valence-corrected chi connectivity index (χ1v) is 7.92. The van der Waals surface area contributed by atoms with Gasteiger partial charge in [-0.3, -0.25) is 4.79 Å². The van der Waals surface area contributed by atoms with Gasteiger partial charge in [0.2, 0.25) is 5.91 Å². The van der Waals surface area contributed by atoms with Gasteiger partial charge in [0.25, 0.3) is 0 Å². The molecule has 0 saturated carbocycles. The van der Waals surface area contributed by atoms with Crippen LogP contribution in [0.3, 0.4) is 0 Å². The molecule has 0 aliphatic carbocycles. The Labute approximate surface area is 133 Å². The summed E-state index contributed by atoms with van der Waals surface area (Å²) >= 11 is 7.30. The average molecular weight is 325 g/mol. The number of carbonyl (C=O) groups excluding carboxylic acids is 1. The van der Waals surface area contributed by atoms with E-state index in [0.29, 0.717) is 5.02 Å². The van der Waals surface area contributed by atoms with E-state index in [1.54, 1.807) is 18.5 Å². The van der Waals surface area contributed by atoms with Crippen LogP contribution in [0.2, 0.25) is 5.02 Å². The van der Waals surface area contributed by atoms with E-state index in [9.17, 15) is 4.79 Å². The van der Waals surface area contributed by atoms with Crippen molar-refractivity contribution in [2.75, 3.05) is 11.1 Å². The largest absolute Gasteiger partial charge is 0.325 e. The van der Waals surface area contributed by atoms with Crippen molar-refractivity contribution in [1.82, 2.24) is 14.8 Å². The highest BCUT2D eigenvalue weighted by Crippen LogP contribution is 2.22. The minimum absolute atomic E-state index is 0.0938. The summed E-state index contributed by atoms with van der Waals surface area (Å²) in [5.74, 6) is 0.181. The van der Waals surface area contributed by atoms with Crippen LogP contribution in [0.25, 0.3) is 0 Å². The highest BCUT2D eigenvalue weighted by Gasteiger charge is 2.11. The molecule has 1 N–H and O–H groups in total. The third-order valence-corrected chi connectivity index (χ3v) is 4.09. The van der Waals surface area contributed by atoms with Crippen LogP contribution in [0.5, 0.6) is 0 Å². The molecule has 1 aromatic heterocycles. The number of hydrogen-bond acceptors (Lipinski definition) is 4. The van der Waals surface area contributed by atoms with Gasteiger partial charge in [-0.2, -0.15) is 0 Å². The SMILES string of the molecule is Cc1ccc(Cl)cc1NC(=O)CSc1nncn1C(C)C. The Morgan fingerprint density at radius 2 is 2.24 bits per heavy atom. The number of anilines is 1. The lowest BCUT2D eigenvalue weighted by Gasteiger charge is -2.10.